The zero-order valence-electron chi connectivity index (χ0n) is 13.4. The van der Waals surface area contributed by atoms with Gasteiger partial charge in [0, 0.05) is 22.7 Å². The van der Waals surface area contributed by atoms with Gasteiger partial charge in [0.1, 0.15) is 11.3 Å². The van der Waals surface area contributed by atoms with Gasteiger partial charge in [0.25, 0.3) is 5.91 Å². The van der Waals surface area contributed by atoms with Crippen LogP contribution in [-0.2, 0) is 0 Å². The van der Waals surface area contributed by atoms with Crippen LogP contribution in [0, 0.1) is 0 Å². The smallest absolute Gasteiger partial charge is 0.336 e. The van der Waals surface area contributed by atoms with Crippen LogP contribution in [0.1, 0.15) is 24.2 Å². The number of benzene rings is 2. The molecule has 0 aliphatic rings. The number of nitrogens with one attached hydrogen (secondary N) is 1. The zero-order valence-corrected chi connectivity index (χ0v) is 13.4. The molecule has 0 aliphatic carbocycles. The number of hydrogen-bond donors (Lipinski definition) is 1. The van der Waals surface area contributed by atoms with E-state index in [1.165, 1.54) is 6.07 Å². The quantitative estimate of drug-likeness (QED) is 0.741. The van der Waals surface area contributed by atoms with Gasteiger partial charge in [-0.2, -0.15) is 0 Å². The van der Waals surface area contributed by atoms with E-state index >= 15 is 0 Å². The molecule has 1 N–H and O–H groups in total. The van der Waals surface area contributed by atoms with Crippen LogP contribution < -0.4 is 15.7 Å². The molecule has 0 unspecified atom stereocenters. The molecule has 5 heteroatoms. The summed E-state index contributed by atoms with van der Waals surface area (Å²) in [6.45, 7) is 3.86. The van der Waals surface area contributed by atoms with Gasteiger partial charge in [-0.1, -0.05) is 6.07 Å². The summed E-state index contributed by atoms with van der Waals surface area (Å²) in [6.07, 6.45) is 0.0402. The second-order valence-corrected chi connectivity index (χ2v) is 5.66. The highest BCUT2D eigenvalue weighted by Crippen LogP contribution is 2.20. The first-order valence-corrected chi connectivity index (χ1v) is 7.63. The SMILES string of the molecule is CC(C)Oc1cccc(C(=O)Nc2ccc3oc(=O)ccc3c2)c1. The van der Waals surface area contributed by atoms with Crippen LogP contribution in [0.3, 0.4) is 0 Å². The van der Waals surface area contributed by atoms with E-state index in [-0.39, 0.29) is 12.0 Å². The molecule has 2 aromatic carbocycles. The van der Waals surface area contributed by atoms with Crippen molar-refractivity contribution in [3.05, 3.63) is 70.6 Å². The fraction of sp³-hybridized carbons (Fsp3) is 0.158. The molecule has 1 heterocycles. The molecule has 0 saturated heterocycles. The van der Waals surface area contributed by atoms with Gasteiger partial charge < -0.3 is 14.5 Å². The lowest BCUT2D eigenvalue weighted by Gasteiger charge is -2.11. The lowest BCUT2D eigenvalue weighted by Crippen LogP contribution is -2.12. The second-order valence-electron chi connectivity index (χ2n) is 5.66. The van der Waals surface area contributed by atoms with Crippen molar-refractivity contribution < 1.29 is 13.9 Å². The highest BCUT2D eigenvalue weighted by molar-refractivity contribution is 6.05. The Morgan fingerprint density at radius 3 is 2.71 bits per heavy atom. The van der Waals surface area contributed by atoms with Crippen molar-refractivity contribution >= 4 is 22.6 Å². The normalized spacial score (nSPS) is 10.8. The van der Waals surface area contributed by atoms with Crippen molar-refractivity contribution in [1.29, 1.82) is 0 Å². The van der Waals surface area contributed by atoms with Crippen LogP contribution >= 0.6 is 0 Å². The van der Waals surface area contributed by atoms with E-state index in [2.05, 4.69) is 5.32 Å². The van der Waals surface area contributed by atoms with Gasteiger partial charge >= 0.3 is 5.63 Å². The summed E-state index contributed by atoms with van der Waals surface area (Å²) in [5.74, 6) is 0.416. The standard InChI is InChI=1S/C19H17NO4/c1-12(2)23-16-5-3-4-14(11-16)19(22)20-15-7-8-17-13(10-15)6-9-18(21)24-17/h3-12H,1-2H3,(H,20,22). The van der Waals surface area contributed by atoms with Gasteiger partial charge in [-0.3, -0.25) is 4.79 Å². The van der Waals surface area contributed by atoms with E-state index in [9.17, 15) is 9.59 Å². The number of hydrogen-bond acceptors (Lipinski definition) is 4. The summed E-state index contributed by atoms with van der Waals surface area (Å²) in [5.41, 5.74) is 1.21. The van der Waals surface area contributed by atoms with Gasteiger partial charge in [0.05, 0.1) is 6.10 Å². The van der Waals surface area contributed by atoms with E-state index in [1.54, 1.807) is 42.5 Å². The maximum absolute atomic E-state index is 12.4. The van der Waals surface area contributed by atoms with Crippen molar-refractivity contribution in [2.24, 2.45) is 0 Å². The highest BCUT2D eigenvalue weighted by atomic mass is 16.5. The molecule has 0 saturated carbocycles. The van der Waals surface area contributed by atoms with Gasteiger partial charge in [-0.25, -0.2) is 4.79 Å². The first-order valence-electron chi connectivity index (χ1n) is 7.63. The summed E-state index contributed by atoms with van der Waals surface area (Å²) >= 11 is 0. The van der Waals surface area contributed by atoms with Crippen LogP contribution in [0.25, 0.3) is 11.0 Å². The molecule has 1 amide bonds. The molecule has 0 bridgehead atoms. The van der Waals surface area contributed by atoms with Crippen LogP contribution in [0.15, 0.2) is 63.8 Å². The number of ether oxygens (including phenoxy) is 1. The molecule has 0 fully saturated rings. The summed E-state index contributed by atoms with van der Waals surface area (Å²) in [6, 6.07) is 15.1. The Labute approximate surface area is 138 Å². The Morgan fingerprint density at radius 2 is 1.92 bits per heavy atom. The predicted molar refractivity (Wildman–Crippen MR) is 92.6 cm³/mol. The maximum atomic E-state index is 12.4. The topological polar surface area (TPSA) is 68.5 Å². The molecule has 3 rings (SSSR count). The largest absolute Gasteiger partial charge is 0.491 e. The average molecular weight is 323 g/mol. The summed E-state index contributed by atoms with van der Waals surface area (Å²) in [4.78, 5) is 23.6. The highest BCUT2D eigenvalue weighted by Gasteiger charge is 2.09. The molecular weight excluding hydrogens is 306 g/mol. The monoisotopic (exact) mass is 323 g/mol. The van der Waals surface area contributed by atoms with E-state index in [0.29, 0.717) is 22.6 Å². The summed E-state index contributed by atoms with van der Waals surface area (Å²) in [7, 11) is 0. The van der Waals surface area contributed by atoms with E-state index in [1.807, 2.05) is 19.9 Å². The first-order chi connectivity index (χ1) is 11.5. The minimum Gasteiger partial charge on any atom is -0.491 e. The van der Waals surface area contributed by atoms with Gasteiger partial charge in [0.2, 0.25) is 0 Å². The van der Waals surface area contributed by atoms with Crippen molar-refractivity contribution in [3.8, 4) is 5.75 Å². The summed E-state index contributed by atoms with van der Waals surface area (Å²) in [5, 5.41) is 3.57. The molecule has 0 aliphatic heterocycles. The number of anilines is 1. The number of rotatable bonds is 4. The number of carbonyl (C=O) groups is 1. The molecule has 3 aromatic rings. The Balaban J connectivity index is 1.81. The fourth-order valence-electron chi connectivity index (χ4n) is 2.34. The number of fused-ring (bicyclic) bond motifs is 1. The Hall–Kier alpha value is -3.08. The molecule has 0 radical (unpaired) electrons. The minimum absolute atomic E-state index is 0.0402. The molecule has 0 spiro atoms. The molecule has 122 valence electrons. The molecule has 1 aromatic heterocycles. The molecule has 5 nitrogen and oxygen atoms in total. The van der Waals surface area contributed by atoms with Crippen molar-refractivity contribution in [1.82, 2.24) is 0 Å². The third kappa shape index (κ3) is 3.63. The van der Waals surface area contributed by atoms with Crippen molar-refractivity contribution in [2.45, 2.75) is 20.0 Å². The fourth-order valence-corrected chi connectivity index (χ4v) is 2.34. The Morgan fingerprint density at radius 1 is 1.08 bits per heavy atom. The minimum atomic E-state index is -0.402. The van der Waals surface area contributed by atoms with E-state index in [4.69, 9.17) is 9.15 Å². The zero-order chi connectivity index (χ0) is 17.1. The number of amides is 1. The molecule has 24 heavy (non-hydrogen) atoms. The van der Waals surface area contributed by atoms with Crippen molar-refractivity contribution in [2.75, 3.05) is 5.32 Å². The van der Waals surface area contributed by atoms with Gasteiger partial charge in [-0.05, 0) is 56.3 Å². The van der Waals surface area contributed by atoms with Crippen molar-refractivity contribution in [3.63, 3.8) is 0 Å². The summed E-state index contributed by atoms with van der Waals surface area (Å²) < 4.78 is 10.7. The first kappa shape index (κ1) is 15.8. The Bertz CT molecular complexity index is 943. The predicted octanol–water partition coefficient (Wildman–Crippen LogP) is 3.83. The van der Waals surface area contributed by atoms with Crippen LogP contribution in [0.2, 0.25) is 0 Å². The lowest BCUT2D eigenvalue weighted by atomic mass is 10.1. The molecule has 0 atom stereocenters. The van der Waals surface area contributed by atoms with Crippen LogP contribution in [-0.4, -0.2) is 12.0 Å². The van der Waals surface area contributed by atoms with Gasteiger partial charge in [0.15, 0.2) is 0 Å². The third-order valence-electron chi connectivity index (χ3n) is 3.35. The molecular formula is C19H17NO4. The van der Waals surface area contributed by atoms with E-state index < -0.39 is 5.63 Å². The second kappa shape index (κ2) is 6.58. The van der Waals surface area contributed by atoms with Crippen LogP contribution in [0.5, 0.6) is 5.75 Å². The maximum Gasteiger partial charge on any atom is 0.336 e. The lowest BCUT2D eigenvalue weighted by molar-refractivity contribution is 0.102. The van der Waals surface area contributed by atoms with Gasteiger partial charge in [-0.15, -0.1) is 0 Å². The Kier molecular flexibility index (Phi) is 4.33. The number of carbonyl (C=O) groups excluding carboxylic acids is 1. The van der Waals surface area contributed by atoms with Crippen LogP contribution in [0.4, 0.5) is 5.69 Å². The third-order valence-corrected chi connectivity index (χ3v) is 3.35. The average Bonchev–Trinajstić information content (AvgIpc) is 2.54. The van der Waals surface area contributed by atoms with E-state index in [0.717, 1.165) is 5.39 Å².